The van der Waals surface area contributed by atoms with Crippen molar-refractivity contribution in [3.05, 3.63) is 59.8 Å². The van der Waals surface area contributed by atoms with Crippen LogP contribution in [0.4, 0.5) is 5.69 Å². The molecule has 0 aliphatic carbocycles. The van der Waals surface area contributed by atoms with E-state index in [1.807, 2.05) is 18.2 Å². The predicted molar refractivity (Wildman–Crippen MR) is 110 cm³/mol. The van der Waals surface area contributed by atoms with E-state index in [-0.39, 0.29) is 17.3 Å². The van der Waals surface area contributed by atoms with Gasteiger partial charge in [-0.25, -0.2) is 4.98 Å². The number of pyridine rings is 2. The van der Waals surface area contributed by atoms with Crippen molar-refractivity contribution in [2.45, 2.75) is 12.8 Å². The number of rotatable bonds is 0. The van der Waals surface area contributed by atoms with Gasteiger partial charge in [0.05, 0.1) is 18.0 Å². The van der Waals surface area contributed by atoms with Crippen molar-refractivity contribution in [2.24, 2.45) is 7.05 Å². The van der Waals surface area contributed by atoms with E-state index in [2.05, 4.69) is 25.7 Å². The molecule has 0 saturated carbocycles. The van der Waals surface area contributed by atoms with E-state index in [0.29, 0.717) is 31.1 Å². The molecule has 4 bridgehead atoms. The van der Waals surface area contributed by atoms with Crippen LogP contribution in [0.5, 0.6) is 0 Å². The number of ether oxygens (including phenoxy) is 1. The molecule has 9 nitrogen and oxygen atoms in total. The highest BCUT2D eigenvalue weighted by molar-refractivity contribution is 6.07. The second kappa shape index (κ2) is 8.83. The normalized spacial score (nSPS) is 15.4. The molecule has 4 heterocycles. The maximum atomic E-state index is 12.8. The van der Waals surface area contributed by atoms with Gasteiger partial charge in [-0.2, -0.15) is 5.10 Å². The van der Waals surface area contributed by atoms with Crippen LogP contribution >= 0.6 is 0 Å². The third-order valence-electron chi connectivity index (χ3n) is 4.64. The Labute approximate surface area is 173 Å². The third-order valence-corrected chi connectivity index (χ3v) is 4.64. The summed E-state index contributed by atoms with van der Waals surface area (Å²) in [5.74, 6) is -0.797. The average Bonchev–Trinajstić information content (AvgIpc) is 3.12. The summed E-state index contributed by atoms with van der Waals surface area (Å²) in [6.07, 6.45) is 4.90. The Kier molecular flexibility index (Phi) is 5.80. The maximum absolute atomic E-state index is 12.8. The highest BCUT2D eigenvalue weighted by Crippen LogP contribution is 2.20. The molecule has 3 aromatic heterocycles. The van der Waals surface area contributed by atoms with Crippen LogP contribution in [0.2, 0.25) is 0 Å². The van der Waals surface area contributed by atoms with Gasteiger partial charge in [-0.1, -0.05) is 6.07 Å². The molecule has 0 spiro atoms. The number of hydrogen-bond acceptors (Lipinski definition) is 6. The molecule has 0 aromatic carbocycles. The van der Waals surface area contributed by atoms with Gasteiger partial charge in [0.1, 0.15) is 5.69 Å². The number of anilines is 1. The van der Waals surface area contributed by atoms with Crippen molar-refractivity contribution >= 4 is 17.5 Å². The summed E-state index contributed by atoms with van der Waals surface area (Å²) in [7, 11) is 1.69. The van der Waals surface area contributed by atoms with Crippen molar-refractivity contribution in [2.75, 3.05) is 25.1 Å². The fourth-order valence-corrected chi connectivity index (χ4v) is 3.21. The topological polar surface area (TPSA) is 111 Å². The van der Waals surface area contributed by atoms with Crippen molar-refractivity contribution < 1.29 is 14.3 Å². The predicted octanol–water partition coefficient (Wildman–Crippen LogP) is 1.82. The summed E-state index contributed by atoms with van der Waals surface area (Å²) in [6.45, 7) is 1.31. The Bertz CT molecular complexity index is 1080. The first-order valence-corrected chi connectivity index (χ1v) is 9.73. The lowest BCUT2D eigenvalue weighted by molar-refractivity contribution is 0.0908. The Hall–Kier alpha value is -3.59. The van der Waals surface area contributed by atoms with Crippen molar-refractivity contribution in [1.82, 2.24) is 25.1 Å². The van der Waals surface area contributed by atoms with Gasteiger partial charge in [0.25, 0.3) is 11.8 Å². The van der Waals surface area contributed by atoms with E-state index in [1.54, 1.807) is 31.6 Å². The van der Waals surface area contributed by atoms with Crippen LogP contribution in [0.15, 0.2) is 42.7 Å². The molecule has 1 aliphatic rings. The van der Waals surface area contributed by atoms with E-state index < -0.39 is 5.91 Å². The fraction of sp³-hybridized carbons (Fsp3) is 0.286. The second-order valence-corrected chi connectivity index (χ2v) is 6.93. The van der Waals surface area contributed by atoms with Gasteiger partial charge >= 0.3 is 0 Å². The highest BCUT2D eigenvalue weighted by Gasteiger charge is 2.19. The maximum Gasteiger partial charge on any atom is 0.274 e. The van der Waals surface area contributed by atoms with Crippen LogP contribution < -0.4 is 10.6 Å². The quantitative estimate of drug-likeness (QED) is 0.589. The SMILES string of the molecule is Cn1cc2c(n1)C(=O)NCCOCCCc1cc(ccn1)-c1cccc(n1)C(=O)N2. The molecule has 30 heavy (non-hydrogen) atoms. The molecule has 0 radical (unpaired) electrons. The van der Waals surface area contributed by atoms with Crippen LogP contribution in [0.25, 0.3) is 11.3 Å². The minimum absolute atomic E-state index is 0.141. The summed E-state index contributed by atoms with van der Waals surface area (Å²) in [5, 5.41) is 9.67. The smallest absolute Gasteiger partial charge is 0.274 e. The molecule has 0 fully saturated rings. The lowest BCUT2D eigenvalue weighted by Crippen LogP contribution is -2.29. The molecular formula is C21H22N6O3. The van der Waals surface area contributed by atoms with E-state index in [0.717, 1.165) is 24.1 Å². The lowest BCUT2D eigenvalue weighted by Gasteiger charge is -2.09. The summed E-state index contributed by atoms with van der Waals surface area (Å²) in [6, 6.07) is 9.10. The molecule has 4 rings (SSSR count). The Balaban J connectivity index is 1.68. The van der Waals surface area contributed by atoms with Gasteiger partial charge in [-0.3, -0.25) is 19.3 Å². The van der Waals surface area contributed by atoms with Crippen LogP contribution in [-0.2, 0) is 18.2 Å². The van der Waals surface area contributed by atoms with Crippen LogP contribution in [0.3, 0.4) is 0 Å². The molecule has 154 valence electrons. The number of carbonyl (C=O) groups is 2. The standard InChI is InChI=1S/C21H22N6O3/c1-27-13-18-19(26-27)21(29)23-9-11-30-10-3-4-15-12-14(7-8-22-15)16-5-2-6-17(24-16)20(28)25-18/h2,5-8,12-13H,3-4,9-11H2,1H3,(H,23,29)(H,25,28). The summed E-state index contributed by atoms with van der Waals surface area (Å²) < 4.78 is 7.07. The lowest BCUT2D eigenvalue weighted by atomic mass is 10.1. The zero-order valence-corrected chi connectivity index (χ0v) is 16.6. The molecule has 0 atom stereocenters. The fourth-order valence-electron chi connectivity index (χ4n) is 3.21. The number of aromatic nitrogens is 4. The van der Waals surface area contributed by atoms with Crippen molar-refractivity contribution in [1.29, 1.82) is 0 Å². The number of nitrogens with one attached hydrogen (secondary N) is 2. The zero-order valence-electron chi connectivity index (χ0n) is 16.6. The minimum atomic E-state index is -0.419. The molecular weight excluding hydrogens is 384 g/mol. The van der Waals surface area contributed by atoms with E-state index in [4.69, 9.17) is 4.74 Å². The molecule has 2 amide bonds. The Morgan fingerprint density at radius 3 is 2.87 bits per heavy atom. The molecule has 1 aliphatic heterocycles. The first kappa shape index (κ1) is 19.7. The zero-order chi connectivity index (χ0) is 20.9. The average molecular weight is 406 g/mol. The van der Waals surface area contributed by atoms with Crippen LogP contribution in [0, 0.1) is 0 Å². The molecule has 0 saturated heterocycles. The molecule has 2 N–H and O–H groups in total. The Morgan fingerprint density at radius 1 is 1.10 bits per heavy atom. The van der Waals surface area contributed by atoms with E-state index >= 15 is 0 Å². The number of amides is 2. The van der Waals surface area contributed by atoms with Crippen LogP contribution in [0.1, 0.15) is 33.1 Å². The van der Waals surface area contributed by atoms with E-state index in [9.17, 15) is 9.59 Å². The van der Waals surface area contributed by atoms with Gasteiger partial charge in [-0.05, 0) is 37.1 Å². The highest BCUT2D eigenvalue weighted by atomic mass is 16.5. The monoisotopic (exact) mass is 406 g/mol. The first-order valence-electron chi connectivity index (χ1n) is 9.73. The second-order valence-electron chi connectivity index (χ2n) is 6.93. The molecule has 0 unspecified atom stereocenters. The van der Waals surface area contributed by atoms with Gasteiger partial charge in [0.2, 0.25) is 0 Å². The number of carbonyl (C=O) groups excluding carboxylic acids is 2. The number of nitrogens with zero attached hydrogens (tertiary/aromatic N) is 4. The first-order chi connectivity index (χ1) is 14.6. The van der Waals surface area contributed by atoms with Gasteiger partial charge in [-0.15, -0.1) is 0 Å². The molecule has 9 heteroatoms. The third kappa shape index (κ3) is 4.52. The molecule has 3 aromatic rings. The number of aryl methyl sites for hydroxylation is 2. The largest absolute Gasteiger partial charge is 0.380 e. The summed E-state index contributed by atoms with van der Waals surface area (Å²) >= 11 is 0. The van der Waals surface area contributed by atoms with E-state index in [1.165, 1.54) is 4.68 Å². The summed E-state index contributed by atoms with van der Waals surface area (Å²) in [5.41, 5.74) is 3.20. The number of fused-ring (bicyclic) bond motifs is 6. The van der Waals surface area contributed by atoms with Gasteiger partial charge in [0, 0.05) is 43.9 Å². The Morgan fingerprint density at radius 2 is 1.97 bits per heavy atom. The van der Waals surface area contributed by atoms with Gasteiger partial charge in [0.15, 0.2) is 5.69 Å². The van der Waals surface area contributed by atoms with Crippen molar-refractivity contribution in [3.8, 4) is 11.3 Å². The number of hydrogen-bond donors (Lipinski definition) is 2. The van der Waals surface area contributed by atoms with Crippen LogP contribution in [-0.4, -0.2) is 51.3 Å². The summed E-state index contributed by atoms with van der Waals surface area (Å²) in [4.78, 5) is 34.2. The minimum Gasteiger partial charge on any atom is -0.380 e. The van der Waals surface area contributed by atoms with Gasteiger partial charge < -0.3 is 15.4 Å². The van der Waals surface area contributed by atoms with Crippen molar-refractivity contribution in [3.63, 3.8) is 0 Å².